The van der Waals surface area contributed by atoms with E-state index in [2.05, 4.69) is 133 Å². The van der Waals surface area contributed by atoms with E-state index in [9.17, 15) is 0 Å². The zero-order valence-electron chi connectivity index (χ0n) is 28.2. The second-order valence-electron chi connectivity index (χ2n) is 13.9. The largest absolute Gasteiger partial charge is 2.00 e. The molecule has 1 fully saturated rings. The molecule has 0 radical (unpaired) electrons. The van der Waals surface area contributed by atoms with Gasteiger partial charge < -0.3 is 13.7 Å². The molecule has 1 saturated carbocycles. The Morgan fingerprint density at radius 1 is 0.729 bits per heavy atom. The van der Waals surface area contributed by atoms with Gasteiger partial charge in [-0.15, -0.1) is 23.2 Å². The molecule has 8 rings (SSSR count). The van der Waals surface area contributed by atoms with Crippen molar-refractivity contribution in [3.63, 3.8) is 0 Å². The van der Waals surface area contributed by atoms with Crippen LogP contribution < -0.4 is 0 Å². The fourth-order valence-electron chi connectivity index (χ4n) is 7.14. The van der Waals surface area contributed by atoms with Gasteiger partial charge in [-0.3, -0.25) is 9.98 Å². The number of hydrogen-bond acceptors (Lipinski definition) is 3. The van der Waals surface area contributed by atoms with Crippen molar-refractivity contribution < 1.29 is 21.1 Å². The van der Waals surface area contributed by atoms with Crippen LogP contribution in [-0.4, -0.2) is 29.4 Å². The molecule has 3 heterocycles. The topological polar surface area (TPSA) is 52.9 Å². The van der Waals surface area contributed by atoms with E-state index in [1.54, 1.807) is 0 Å². The van der Waals surface area contributed by atoms with E-state index in [1.807, 2.05) is 6.07 Å². The van der Waals surface area contributed by atoms with Crippen LogP contribution in [-0.2, 0) is 47.1 Å². The minimum atomic E-state index is -0.183. The van der Waals surface area contributed by atoms with Crippen LogP contribution in [0.4, 0.5) is 0 Å². The van der Waals surface area contributed by atoms with Crippen molar-refractivity contribution in [2.75, 3.05) is 0 Å². The van der Waals surface area contributed by atoms with Crippen LogP contribution in [0.15, 0.2) is 83.9 Å². The molecule has 0 unspecified atom stereocenters. The summed E-state index contributed by atoms with van der Waals surface area (Å²) in [5, 5.41) is 1.12. The predicted molar refractivity (Wildman–Crippen MR) is 193 cm³/mol. The van der Waals surface area contributed by atoms with Gasteiger partial charge in [0.1, 0.15) is 5.82 Å². The number of aryl methyl sites for hydroxylation is 2. The first-order valence-corrected chi connectivity index (χ1v) is 16.8. The fraction of sp³-hybridized carbons (Fsp3) is 0.293. The molecule has 4 aromatic carbocycles. The van der Waals surface area contributed by atoms with E-state index in [0.29, 0.717) is 6.54 Å². The van der Waals surface area contributed by atoms with E-state index in [0.717, 1.165) is 80.0 Å². The Kier molecular flexibility index (Phi) is 8.49. The summed E-state index contributed by atoms with van der Waals surface area (Å²) in [6.45, 7) is 7.37. The van der Waals surface area contributed by atoms with Crippen LogP contribution in [0, 0.1) is 12.1 Å². The number of para-hydroxylation sites is 4. The number of aliphatic imine (C=N–C) groups is 1. The Morgan fingerprint density at radius 3 is 2.12 bits per heavy atom. The average molecular weight is 812 g/mol. The van der Waals surface area contributed by atoms with Crippen molar-refractivity contribution in [2.45, 2.75) is 64.8 Å². The average Bonchev–Trinajstić information content (AvgIpc) is 3.76. The number of aromatic nitrogens is 5. The van der Waals surface area contributed by atoms with Crippen molar-refractivity contribution in [3.05, 3.63) is 102 Å². The van der Waals surface area contributed by atoms with Gasteiger partial charge in [0.15, 0.2) is 0 Å². The van der Waals surface area contributed by atoms with E-state index >= 15 is 0 Å². The molecule has 0 aliphatic heterocycles. The van der Waals surface area contributed by atoms with Gasteiger partial charge in [0.05, 0.1) is 27.9 Å². The minimum absolute atomic E-state index is 0. The summed E-state index contributed by atoms with van der Waals surface area (Å²) in [5.74, 6) is 1.88. The molecule has 0 amide bonds. The summed E-state index contributed by atoms with van der Waals surface area (Å²) in [6.07, 6.45) is 6.10. The van der Waals surface area contributed by atoms with Crippen molar-refractivity contribution >= 4 is 38.7 Å². The third kappa shape index (κ3) is 5.64. The molecule has 0 N–H and O–H groups in total. The van der Waals surface area contributed by atoms with Crippen molar-refractivity contribution in [3.8, 4) is 28.3 Å². The van der Waals surface area contributed by atoms with Gasteiger partial charge in [0.25, 0.3) is 0 Å². The minimum Gasteiger partial charge on any atom is -0.431 e. The van der Waals surface area contributed by atoms with Crippen molar-refractivity contribution in [2.24, 2.45) is 19.1 Å². The summed E-state index contributed by atoms with van der Waals surface area (Å²) in [5.41, 5.74) is 11.6. The maximum atomic E-state index is 5.15. The van der Waals surface area contributed by atoms with Gasteiger partial charge in [-0.05, 0) is 68.2 Å². The molecule has 1 aliphatic rings. The van der Waals surface area contributed by atoms with Crippen LogP contribution >= 0.6 is 0 Å². The van der Waals surface area contributed by atoms with Crippen LogP contribution in [0.1, 0.15) is 64.3 Å². The zero-order chi connectivity index (χ0) is 32.3. The van der Waals surface area contributed by atoms with Gasteiger partial charge in [-0.2, -0.15) is 17.7 Å². The number of fused-ring (bicyclic) bond motifs is 3. The van der Waals surface area contributed by atoms with Crippen molar-refractivity contribution in [1.29, 1.82) is 0 Å². The number of imidazole rings is 2. The van der Waals surface area contributed by atoms with Gasteiger partial charge >= 0.3 is 21.1 Å². The predicted octanol–water partition coefficient (Wildman–Crippen LogP) is 9.54. The van der Waals surface area contributed by atoms with Crippen LogP contribution in [0.3, 0.4) is 0 Å². The summed E-state index contributed by atoms with van der Waals surface area (Å²) in [4.78, 5) is 15.3. The van der Waals surface area contributed by atoms with Gasteiger partial charge in [0.2, 0.25) is 0 Å². The quantitative estimate of drug-likeness (QED) is 0.163. The molecule has 3 aromatic heterocycles. The summed E-state index contributed by atoms with van der Waals surface area (Å²) < 4.78 is 6.73. The SMILES string of the molecule is Cn1c(-c2[c-]c(-c3[c-]c4c(CN=C5CCCCC5)cccc4n3C)cc(-n3c(C(C)(C)C)nc4ccccc43)c2)nc2ccccc21.[Pt+2]. The fourth-order valence-corrected chi connectivity index (χ4v) is 7.14. The number of benzene rings is 4. The molecular formula is C41H40N6Pt. The molecule has 1 aliphatic carbocycles. The Bertz CT molecular complexity index is 2320. The van der Waals surface area contributed by atoms with E-state index in [-0.39, 0.29) is 26.5 Å². The summed E-state index contributed by atoms with van der Waals surface area (Å²) >= 11 is 0. The third-order valence-corrected chi connectivity index (χ3v) is 9.60. The van der Waals surface area contributed by atoms with Gasteiger partial charge in [0, 0.05) is 24.7 Å². The van der Waals surface area contributed by atoms with Gasteiger partial charge in [-0.25, -0.2) is 4.98 Å². The maximum Gasteiger partial charge on any atom is 2.00 e. The van der Waals surface area contributed by atoms with Crippen molar-refractivity contribution in [1.82, 2.24) is 23.7 Å². The molecule has 244 valence electrons. The number of hydrogen-bond donors (Lipinski definition) is 0. The first-order chi connectivity index (χ1) is 22.8. The monoisotopic (exact) mass is 811 g/mol. The molecular weight excluding hydrogens is 772 g/mol. The molecule has 48 heavy (non-hydrogen) atoms. The van der Waals surface area contributed by atoms with Gasteiger partial charge in [-0.1, -0.05) is 80.8 Å². The molecule has 0 saturated heterocycles. The van der Waals surface area contributed by atoms with E-state index < -0.39 is 0 Å². The zero-order valence-corrected chi connectivity index (χ0v) is 30.5. The van der Waals surface area contributed by atoms with Crippen LogP contribution in [0.25, 0.3) is 61.3 Å². The Hall–Kier alpha value is -4.28. The smallest absolute Gasteiger partial charge is 0.431 e. The molecule has 6 nitrogen and oxygen atoms in total. The second-order valence-corrected chi connectivity index (χ2v) is 13.9. The van der Waals surface area contributed by atoms with E-state index in [4.69, 9.17) is 15.0 Å². The third-order valence-electron chi connectivity index (χ3n) is 9.60. The maximum absolute atomic E-state index is 5.15. The number of nitrogens with zero attached hydrogens (tertiary/aromatic N) is 6. The van der Waals surface area contributed by atoms with Crippen LogP contribution in [0.5, 0.6) is 0 Å². The molecule has 7 heteroatoms. The normalized spacial score (nSPS) is 13.8. The number of rotatable bonds is 5. The van der Waals surface area contributed by atoms with E-state index in [1.165, 1.54) is 30.5 Å². The first kappa shape index (κ1) is 32.3. The second kappa shape index (κ2) is 12.6. The molecule has 0 spiro atoms. The Morgan fingerprint density at radius 2 is 1.40 bits per heavy atom. The molecule has 0 bridgehead atoms. The molecule has 0 atom stereocenters. The first-order valence-electron chi connectivity index (χ1n) is 16.8. The summed E-state index contributed by atoms with van der Waals surface area (Å²) in [6, 6.07) is 35.3. The summed E-state index contributed by atoms with van der Waals surface area (Å²) in [7, 11) is 4.22. The molecule has 7 aromatic rings. The Labute approximate surface area is 296 Å². The van der Waals surface area contributed by atoms with Crippen LogP contribution in [0.2, 0.25) is 0 Å². The standard InChI is InChI=1S/C41H40N6.Pt/c1-41(2,3)40-44-34-18-10-12-20-37(34)47(40)31-23-28(22-29(24-31)39-43-33-17-9-11-19-36(33)46(39)5)38-25-32-27(14-13-21-35(32)45(38)4)26-42-30-15-7-6-8-16-30;/h9-14,17-21,23-24H,6-8,15-16,26H2,1-5H3;/q-2;+2. The Balaban J connectivity index is 0.00000364.